The van der Waals surface area contributed by atoms with Crippen LogP contribution < -0.4 is 10.6 Å². The fourth-order valence-corrected chi connectivity index (χ4v) is 4.75. The Morgan fingerprint density at radius 1 is 0.964 bits per heavy atom. The smallest absolute Gasteiger partial charge is 0.270 e. The summed E-state index contributed by atoms with van der Waals surface area (Å²) in [6.45, 7) is 1.86. The van der Waals surface area contributed by atoms with Gasteiger partial charge in [0.15, 0.2) is 0 Å². The Hall–Kier alpha value is -2.76. The lowest BCUT2D eigenvalue weighted by Gasteiger charge is -2.40. The molecule has 28 heavy (non-hydrogen) atoms. The second kappa shape index (κ2) is 7.00. The Labute approximate surface area is 163 Å². The molecule has 2 N–H and O–H groups in total. The van der Waals surface area contributed by atoms with Crippen LogP contribution in [0.3, 0.4) is 0 Å². The average Bonchev–Trinajstić information content (AvgIpc) is 2.91. The largest absolute Gasteiger partial charge is 0.347 e. The van der Waals surface area contributed by atoms with Crippen LogP contribution in [0, 0.1) is 12.7 Å². The van der Waals surface area contributed by atoms with Crippen LogP contribution in [0.15, 0.2) is 42.5 Å². The Morgan fingerprint density at radius 2 is 1.64 bits per heavy atom. The van der Waals surface area contributed by atoms with E-state index < -0.39 is 5.82 Å². The monoisotopic (exact) mass is 381 g/mol. The number of fused-ring (bicyclic) bond motifs is 2. The summed E-state index contributed by atoms with van der Waals surface area (Å²) in [7, 11) is 0. The lowest BCUT2D eigenvalue weighted by atomic mass is 9.78. The van der Waals surface area contributed by atoms with E-state index >= 15 is 0 Å². The van der Waals surface area contributed by atoms with Crippen LogP contribution in [0.4, 0.5) is 4.39 Å². The maximum atomic E-state index is 13.5. The second-order valence-corrected chi connectivity index (χ2v) is 8.17. The zero-order valence-electron chi connectivity index (χ0n) is 15.9. The Bertz CT molecular complexity index is 858. The average molecular weight is 381 g/mol. The molecule has 4 rings (SSSR count). The first kappa shape index (κ1) is 18.6. The van der Waals surface area contributed by atoms with Crippen LogP contribution in [0.5, 0.6) is 0 Å². The molecule has 2 aliphatic carbocycles. The lowest BCUT2D eigenvalue weighted by molar-refractivity contribution is 0.0829. The molecule has 2 atom stereocenters. The topological polar surface area (TPSA) is 71.1 Å². The van der Waals surface area contributed by atoms with Crippen molar-refractivity contribution in [3.05, 3.63) is 65.2 Å². The molecule has 6 heteroatoms. The van der Waals surface area contributed by atoms with Gasteiger partial charge in [0, 0.05) is 22.3 Å². The van der Waals surface area contributed by atoms with Crippen molar-refractivity contribution in [2.45, 2.75) is 56.5 Å². The highest BCUT2D eigenvalue weighted by molar-refractivity contribution is 5.95. The van der Waals surface area contributed by atoms with E-state index in [4.69, 9.17) is 0 Å². The molecule has 1 aromatic carbocycles. The molecule has 2 fully saturated rings. The van der Waals surface area contributed by atoms with Crippen LogP contribution in [0.25, 0.3) is 0 Å². The van der Waals surface area contributed by atoms with Crippen LogP contribution in [-0.4, -0.2) is 27.9 Å². The summed E-state index contributed by atoms with van der Waals surface area (Å²) in [4.78, 5) is 29.7. The summed E-state index contributed by atoms with van der Waals surface area (Å²) in [5.41, 5.74) is 0.869. The number of aromatic nitrogens is 1. The summed E-state index contributed by atoms with van der Waals surface area (Å²) in [5, 5.41) is 6.34. The van der Waals surface area contributed by atoms with Crippen molar-refractivity contribution in [1.29, 1.82) is 0 Å². The first-order valence-electron chi connectivity index (χ1n) is 9.73. The summed E-state index contributed by atoms with van der Waals surface area (Å²) in [6, 6.07) is 11.1. The van der Waals surface area contributed by atoms with E-state index in [-0.39, 0.29) is 22.9 Å². The van der Waals surface area contributed by atoms with Gasteiger partial charge in [-0.05, 0) is 75.8 Å². The van der Waals surface area contributed by atoms with Gasteiger partial charge in [-0.15, -0.1) is 0 Å². The molecule has 0 radical (unpaired) electrons. The maximum Gasteiger partial charge on any atom is 0.270 e. The molecule has 0 unspecified atom stereocenters. The minimum Gasteiger partial charge on any atom is -0.347 e. The normalized spacial score (nSPS) is 25.9. The predicted octanol–water partition coefficient (Wildman–Crippen LogP) is 3.53. The van der Waals surface area contributed by atoms with Crippen LogP contribution in [-0.2, 0) is 0 Å². The third-order valence-corrected chi connectivity index (χ3v) is 6.03. The molecule has 2 saturated carbocycles. The molecule has 2 aromatic rings. The Balaban J connectivity index is 1.48. The first-order chi connectivity index (χ1) is 13.4. The molecule has 1 heterocycles. The number of nitrogens with zero attached hydrogens (tertiary/aromatic N) is 1. The number of pyridine rings is 1. The molecular formula is C22H24FN3O2. The second-order valence-electron chi connectivity index (χ2n) is 8.17. The fourth-order valence-electron chi connectivity index (χ4n) is 4.75. The third-order valence-electron chi connectivity index (χ3n) is 6.03. The number of rotatable bonds is 4. The zero-order valence-corrected chi connectivity index (χ0v) is 15.9. The Kier molecular flexibility index (Phi) is 4.65. The highest BCUT2D eigenvalue weighted by Gasteiger charge is 2.52. The molecule has 5 nitrogen and oxygen atoms in total. The molecule has 0 aliphatic heterocycles. The number of aryl methyl sites for hydroxylation is 1. The standard InChI is InChI=1S/C22H24FN3O2/c1-15-5-2-8-18(24-15)20(28)26-22-10-4-9-21(14-22,11-12-22)25-19(27)16-6-3-7-17(23)13-16/h2-3,5-8,13H,4,9-12,14H2,1H3,(H,25,27)(H,26,28)/t21-,22+/m1/s1. The summed E-state index contributed by atoms with van der Waals surface area (Å²) < 4.78 is 13.5. The quantitative estimate of drug-likeness (QED) is 0.851. The van der Waals surface area contributed by atoms with Crippen LogP contribution in [0.1, 0.15) is 65.1 Å². The molecule has 0 saturated heterocycles. The van der Waals surface area contributed by atoms with Gasteiger partial charge in [-0.2, -0.15) is 0 Å². The van der Waals surface area contributed by atoms with E-state index in [0.717, 1.165) is 37.8 Å². The van der Waals surface area contributed by atoms with Crippen LogP contribution in [0.2, 0.25) is 0 Å². The number of halogens is 1. The van der Waals surface area contributed by atoms with E-state index in [9.17, 15) is 14.0 Å². The Morgan fingerprint density at radius 3 is 2.32 bits per heavy atom. The zero-order chi connectivity index (χ0) is 19.8. The van der Waals surface area contributed by atoms with E-state index in [2.05, 4.69) is 15.6 Å². The van der Waals surface area contributed by atoms with Gasteiger partial charge in [-0.25, -0.2) is 9.37 Å². The third kappa shape index (κ3) is 3.63. The lowest BCUT2D eigenvalue weighted by Crippen LogP contribution is -2.55. The predicted molar refractivity (Wildman–Crippen MR) is 103 cm³/mol. The number of amides is 2. The highest BCUT2D eigenvalue weighted by Crippen LogP contribution is 2.48. The number of benzene rings is 1. The first-order valence-corrected chi connectivity index (χ1v) is 9.73. The van der Waals surface area contributed by atoms with Gasteiger partial charge in [0.1, 0.15) is 11.5 Å². The molecule has 1 aromatic heterocycles. The number of carbonyl (C=O) groups is 2. The van der Waals surface area contributed by atoms with Gasteiger partial charge in [-0.1, -0.05) is 12.1 Å². The van der Waals surface area contributed by atoms with Gasteiger partial charge in [0.2, 0.25) is 0 Å². The summed E-state index contributed by atoms with van der Waals surface area (Å²) >= 11 is 0. The molecule has 2 amide bonds. The number of carbonyl (C=O) groups excluding carboxylic acids is 2. The van der Waals surface area contributed by atoms with Gasteiger partial charge >= 0.3 is 0 Å². The van der Waals surface area contributed by atoms with Gasteiger partial charge in [0.25, 0.3) is 11.8 Å². The molecule has 2 aliphatic rings. The molecule has 2 bridgehead atoms. The molecular weight excluding hydrogens is 357 g/mol. The minimum atomic E-state index is -0.424. The van der Waals surface area contributed by atoms with Crippen molar-refractivity contribution >= 4 is 11.8 Å². The molecule has 146 valence electrons. The summed E-state index contributed by atoms with van der Waals surface area (Å²) in [5.74, 6) is -0.853. The number of hydrogen-bond donors (Lipinski definition) is 2. The molecule has 0 spiro atoms. The highest BCUT2D eigenvalue weighted by atomic mass is 19.1. The van der Waals surface area contributed by atoms with Gasteiger partial charge in [0.05, 0.1) is 0 Å². The van der Waals surface area contributed by atoms with E-state index in [0.29, 0.717) is 17.7 Å². The number of hydrogen-bond acceptors (Lipinski definition) is 3. The van der Waals surface area contributed by atoms with Crippen molar-refractivity contribution in [1.82, 2.24) is 15.6 Å². The van der Waals surface area contributed by atoms with Crippen molar-refractivity contribution in [2.24, 2.45) is 0 Å². The van der Waals surface area contributed by atoms with Crippen molar-refractivity contribution < 1.29 is 14.0 Å². The maximum absolute atomic E-state index is 13.5. The summed E-state index contributed by atoms with van der Waals surface area (Å²) in [6.07, 6.45) is 4.99. The van der Waals surface area contributed by atoms with E-state index in [1.165, 1.54) is 18.2 Å². The van der Waals surface area contributed by atoms with Gasteiger partial charge < -0.3 is 10.6 Å². The van der Waals surface area contributed by atoms with Crippen molar-refractivity contribution in [2.75, 3.05) is 0 Å². The van der Waals surface area contributed by atoms with E-state index in [1.54, 1.807) is 12.1 Å². The van der Waals surface area contributed by atoms with E-state index in [1.807, 2.05) is 19.1 Å². The fraction of sp³-hybridized carbons (Fsp3) is 0.409. The van der Waals surface area contributed by atoms with Gasteiger partial charge in [-0.3, -0.25) is 9.59 Å². The minimum absolute atomic E-state index is 0.169. The SMILES string of the molecule is Cc1cccc(C(=O)N[C@@]23CCC[C@@](NC(=O)c4cccc(F)c4)(CC2)C3)n1. The number of nitrogens with one attached hydrogen (secondary N) is 2. The van der Waals surface area contributed by atoms with Crippen molar-refractivity contribution in [3.63, 3.8) is 0 Å². The van der Waals surface area contributed by atoms with Crippen LogP contribution >= 0.6 is 0 Å². The van der Waals surface area contributed by atoms with Crippen molar-refractivity contribution in [3.8, 4) is 0 Å².